The number of aromatic nitrogens is 1. The van der Waals surface area contributed by atoms with Crippen LogP contribution in [0.25, 0.3) is 5.76 Å². The SMILES string of the molecule is Cc1ccc(C(O)=C2C(=O)C(=O)N(CCC[NH+]3CCOCC3)[C@@H]2c2ccccn2)cc1. The zero-order valence-electron chi connectivity index (χ0n) is 17.7. The van der Waals surface area contributed by atoms with Crippen LogP contribution in [-0.2, 0) is 14.3 Å². The molecule has 2 aliphatic rings. The molecule has 2 saturated heterocycles. The molecule has 1 aromatic carbocycles. The summed E-state index contributed by atoms with van der Waals surface area (Å²) in [6.07, 6.45) is 2.40. The molecule has 2 aromatic rings. The van der Waals surface area contributed by atoms with Crippen molar-refractivity contribution >= 4 is 17.4 Å². The number of aliphatic hydroxyl groups is 1. The van der Waals surface area contributed by atoms with Gasteiger partial charge in [0.15, 0.2) is 0 Å². The summed E-state index contributed by atoms with van der Waals surface area (Å²) in [4.78, 5) is 33.3. The number of aryl methyl sites for hydroxylation is 1. The number of ketones is 1. The topological polar surface area (TPSA) is 84.2 Å². The van der Waals surface area contributed by atoms with Gasteiger partial charge in [0, 0.05) is 24.7 Å². The van der Waals surface area contributed by atoms with E-state index < -0.39 is 17.7 Å². The van der Waals surface area contributed by atoms with Crippen molar-refractivity contribution in [1.29, 1.82) is 0 Å². The number of rotatable bonds is 6. The number of carbonyl (C=O) groups excluding carboxylic acids is 2. The number of quaternary nitrogens is 1. The summed E-state index contributed by atoms with van der Waals surface area (Å²) in [6, 6.07) is 12.0. The van der Waals surface area contributed by atoms with Gasteiger partial charge in [0.2, 0.25) is 0 Å². The maximum absolute atomic E-state index is 13.0. The van der Waals surface area contributed by atoms with E-state index in [-0.39, 0.29) is 11.3 Å². The number of Topliss-reactive ketones (excluding diaryl/α,β-unsaturated/α-hetero) is 1. The highest BCUT2D eigenvalue weighted by Gasteiger charge is 2.46. The second-order valence-electron chi connectivity index (χ2n) is 8.08. The molecule has 7 heteroatoms. The third-order valence-corrected chi connectivity index (χ3v) is 5.96. The number of benzene rings is 1. The highest BCUT2D eigenvalue weighted by molar-refractivity contribution is 6.46. The van der Waals surface area contributed by atoms with Crippen molar-refractivity contribution in [2.45, 2.75) is 19.4 Å². The van der Waals surface area contributed by atoms with Gasteiger partial charge in [-0.3, -0.25) is 14.6 Å². The van der Waals surface area contributed by atoms with E-state index in [2.05, 4.69) is 4.98 Å². The Morgan fingerprint density at radius 3 is 2.58 bits per heavy atom. The Kier molecular flexibility index (Phi) is 6.44. The third kappa shape index (κ3) is 4.52. The number of aliphatic hydroxyl groups excluding tert-OH is 1. The molecular weight excluding hydrogens is 394 g/mol. The van der Waals surface area contributed by atoms with Gasteiger partial charge in [-0.1, -0.05) is 35.9 Å². The molecule has 162 valence electrons. The zero-order valence-corrected chi connectivity index (χ0v) is 17.7. The van der Waals surface area contributed by atoms with E-state index in [1.165, 1.54) is 4.90 Å². The maximum atomic E-state index is 13.0. The van der Waals surface area contributed by atoms with E-state index in [0.29, 0.717) is 17.8 Å². The molecule has 0 spiro atoms. The van der Waals surface area contributed by atoms with Crippen molar-refractivity contribution in [2.75, 3.05) is 39.4 Å². The number of nitrogens with zero attached hydrogens (tertiary/aromatic N) is 2. The summed E-state index contributed by atoms with van der Waals surface area (Å²) in [5.41, 5.74) is 2.24. The number of hydrogen-bond donors (Lipinski definition) is 2. The van der Waals surface area contributed by atoms with E-state index >= 15 is 0 Å². The van der Waals surface area contributed by atoms with Crippen LogP contribution in [0.15, 0.2) is 54.2 Å². The molecule has 3 heterocycles. The summed E-state index contributed by atoms with van der Waals surface area (Å²) >= 11 is 0. The molecule has 31 heavy (non-hydrogen) atoms. The molecule has 7 nitrogen and oxygen atoms in total. The van der Waals surface area contributed by atoms with Crippen molar-refractivity contribution in [3.8, 4) is 0 Å². The van der Waals surface area contributed by atoms with Crippen LogP contribution in [0.5, 0.6) is 0 Å². The first-order chi connectivity index (χ1) is 15.1. The normalized spacial score (nSPS) is 21.6. The van der Waals surface area contributed by atoms with Crippen molar-refractivity contribution < 1.29 is 24.3 Å². The fourth-order valence-electron chi connectivity index (χ4n) is 4.23. The van der Waals surface area contributed by atoms with E-state index in [1.807, 2.05) is 25.1 Å². The number of nitrogens with one attached hydrogen (secondary N) is 1. The first-order valence-corrected chi connectivity index (χ1v) is 10.7. The van der Waals surface area contributed by atoms with Crippen LogP contribution >= 0.6 is 0 Å². The lowest BCUT2D eigenvalue weighted by Crippen LogP contribution is -3.14. The second-order valence-corrected chi connectivity index (χ2v) is 8.08. The van der Waals surface area contributed by atoms with Crippen LogP contribution in [0.1, 0.15) is 29.3 Å². The predicted molar refractivity (Wildman–Crippen MR) is 115 cm³/mol. The molecule has 1 aromatic heterocycles. The first-order valence-electron chi connectivity index (χ1n) is 10.7. The Labute approximate surface area is 182 Å². The zero-order chi connectivity index (χ0) is 21.8. The van der Waals surface area contributed by atoms with Gasteiger partial charge >= 0.3 is 0 Å². The van der Waals surface area contributed by atoms with Gasteiger partial charge in [0.05, 0.1) is 31.0 Å². The molecule has 4 rings (SSSR count). The van der Waals surface area contributed by atoms with E-state index in [0.717, 1.165) is 44.8 Å². The highest BCUT2D eigenvalue weighted by atomic mass is 16.5. The molecule has 0 saturated carbocycles. The summed E-state index contributed by atoms with van der Waals surface area (Å²) < 4.78 is 5.40. The molecule has 2 aliphatic heterocycles. The average Bonchev–Trinajstić information content (AvgIpc) is 3.05. The number of likely N-dealkylation sites (tertiary alicyclic amines) is 1. The number of morpholine rings is 1. The van der Waals surface area contributed by atoms with Crippen LogP contribution in [0.2, 0.25) is 0 Å². The minimum atomic E-state index is -0.692. The summed E-state index contributed by atoms with van der Waals surface area (Å²) in [5.74, 6) is -1.40. The molecule has 1 amide bonds. The Morgan fingerprint density at radius 1 is 1.16 bits per heavy atom. The van der Waals surface area contributed by atoms with Crippen LogP contribution in [0, 0.1) is 6.92 Å². The van der Waals surface area contributed by atoms with Gasteiger partial charge in [-0.15, -0.1) is 0 Å². The lowest BCUT2D eigenvalue weighted by molar-refractivity contribution is -0.908. The lowest BCUT2D eigenvalue weighted by atomic mass is 9.98. The molecule has 0 aliphatic carbocycles. The number of pyridine rings is 1. The minimum absolute atomic E-state index is 0.103. The van der Waals surface area contributed by atoms with Gasteiger partial charge in [-0.25, -0.2) is 0 Å². The van der Waals surface area contributed by atoms with Gasteiger partial charge in [-0.05, 0) is 19.1 Å². The molecular formula is C24H28N3O4+. The van der Waals surface area contributed by atoms with Crippen molar-refractivity contribution in [2.24, 2.45) is 0 Å². The summed E-state index contributed by atoms with van der Waals surface area (Å²) in [6.45, 7) is 6.70. The summed E-state index contributed by atoms with van der Waals surface area (Å²) in [7, 11) is 0. The van der Waals surface area contributed by atoms with Crippen molar-refractivity contribution in [3.05, 3.63) is 71.1 Å². The third-order valence-electron chi connectivity index (χ3n) is 5.96. The Bertz CT molecular complexity index is 966. The van der Waals surface area contributed by atoms with Crippen molar-refractivity contribution in [3.63, 3.8) is 0 Å². The molecule has 2 fully saturated rings. The number of amides is 1. The maximum Gasteiger partial charge on any atom is 0.295 e. The fourth-order valence-corrected chi connectivity index (χ4v) is 4.23. The van der Waals surface area contributed by atoms with Crippen molar-refractivity contribution in [1.82, 2.24) is 9.88 Å². The molecule has 0 radical (unpaired) electrons. The van der Waals surface area contributed by atoms with Crippen LogP contribution in [-0.4, -0.2) is 66.1 Å². The summed E-state index contributed by atoms with van der Waals surface area (Å²) in [5, 5.41) is 11.0. The number of hydrogen-bond acceptors (Lipinski definition) is 5. The molecule has 1 atom stereocenters. The Morgan fingerprint density at radius 2 is 1.90 bits per heavy atom. The monoisotopic (exact) mass is 422 g/mol. The van der Waals surface area contributed by atoms with E-state index in [4.69, 9.17) is 4.74 Å². The van der Waals surface area contributed by atoms with Gasteiger partial charge in [0.25, 0.3) is 11.7 Å². The van der Waals surface area contributed by atoms with Gasteiger partial charge < -0.3 is 19.6 Å². The van der Waals surface area contributed by atoms with Gasteiger partial charge in [-0.2, -0.15) is 0 Å². The standard InChI is InChI=1S/C24H27N3O4/c1-17-6-8-18(9-7-17)22(28)20-21(19-5-2-3-10-25-19)27(24(30)23(20)29)12-4-11-26-13-15-31-16-14-26/h2-3,5-10,21,28H,4,11-16H2,1H3/p+1/t21-/m1/s1. The lowest BCUT2D eigenvalue weighted by Gasteiger charge is -2.27. The molecule has 0 bridgehead atoms. The quantitative estimate of drug-likeness (QED) is 0.414. The Hall–Kier alpha value is -3.03. The highest BCUT2D eigenvalue weighted by Crippen LogP contribution is 2.38. The van der Waals surface area contributed by atoms with Gasteiger partial charge in [0.1, 0.15) is 24.9 Å². The van der Waals surface area contributed by atoms with Crippen LogP contribution in [0.4, 0.5) is 0 Å². The molecule has 0 unspecified atom stereocenters. The van der Waals surface area contributed by atoms with E-state index in [1.54, 1.807) is 35.4 Å². The predicted octanol–water partition coefficient (Wildman–Crippen LogP) is 1.12. The second kappa shape index (κ2) is 9.41. The first kappa shape index (κ1) is 21.2. The average molecular weight is 423 g/mol. The molecule has 2 N–H and O–H groups in total. The Balaban J connectivity index is 1.64. The largest absolute Gasteiger partial charge is 0.507 e. The number of carbonyl (C=O) groups is 2. The number of ether oxygens (including phenoxy) is 1. The minimum Gasteiger partial charge on any atom is -0.507 e. The van der Waals surface area contributed by atoms with E-state index in [9.17, 15) is 14.7 Å². The van der Waals surface area contributed by atoms with Crippen LogP contribution < -0.4 is 4.90 Å². The van der Waals surface area contributed by atoms with Crippen LogP contribution in [0.3, 0.4) is 0 Å². The smallest absolute Gasteiger partial charge is 0.295 e. The fraction of sp³-hybridized carbons (Fsp3) is 0.375.